The molecule has 4 nitrogen and oxygen atoms in total. The standard InChI is InChI=1S/C20H25N3O/c1-13(2)24-17-8-6-16(7-9-17)19-20(15(4)11-21)23-12-14(3)5-10-18(23)22-19/h5-10,12-13,15H,11,21H2,1-4H3. The van der Waals surface area contributed by atoms with E-state index in [1.54, 1.807) is 0 Å². The molecule has 0 aliphatic carbocycles. The van der Waals surface area contributed by atoms with Crippen molar-refractivity contribution in [1.82, 2.24) is 9.38 Å². The molecular formula is C20H25N3O. The molecule has 1 atom stereocenters. The number of aryl methyl sites for hydroxylation is 1. The molecule has 0 bridgehead atoms. The minimum atomic E-state index is 0.168. The summed E-state index contributed by atoms with van der Waals surface area (Å²) in [6, 6.07) is 12.3. The molecular weight excluding hydrogens is 298 g/mol. The maximum absolute atomic E-state index is 5.96. The van der Waals surface area contributed by atoms with Gasteiger partial charge < -0.3 is 14.9 Å². The van der Waals surface area contributed by atoms with Gasteiger partial charge in [-0.25, -0.2) is 4.98 Å². The lowest BCUT2D eigenvalue weighted by molar-refractivity contribution is 0.242. The van der Waals surface area contributed by atoms with E-state index in [2.05, 4.69) is 48.7 Å². The van der Waals surface area contributed by atoms with Gasteiger partial charge in [0, 0.05) is 24.2 Å². The molecule has 2 N–H and O–H groups in total. The zero-order valence-electron chi connectivity index (χ0n) is 14.8. The van der Waals surface area contributed by atoms with Gasteiger partial charge in [0.2, 0.25) is 0 Å². The molecule has 2 heterocycles. The Bertz CT molecular complexity index is 834. The highest BCUT2D eigenvalue weighted by Crippen LogP contribution is 2.31. The summed E-state index contributed by atoms with van der Waals surface area (Å²) in [4.78, 5) is 4.85. The lowest BCUT2D eigenvalue weighted by atomic mass is 10.0. The van der Waals surface area contributed by atoms with Gasteiger partial charge in [0.25, 0.3) is 0 Å². The quantitative estimate of drug-likeness (QED) is 0.767. The van der Waals surface area contributed by atoms with E-state index < -0.39 is 0 Å². The Morgan fingerprint density at radius 1 is 1.08 bits per heavy atom. The summed E-state index contributed by atoms with van der Waals surface area (Å²) in [5.74, 6) is 1.10. The Morgan fingerprint density at radius 2 is 1.79 bits per heavy atom. The van der Waals surface area contributed by atoms with Gasteiger partial charge in [0.1, 0.15) is 11.4 Å². The molecule has 0 radical (unpaired) electrons. The number of nitrogens with zero attached hydrogens (tertiary/aromatic N) is 2. The first kappa shape index (κ1) is 16.5. The smallest absolute Gasteiger partial charge is 0.137 e. The normalized spacial score (nSPS) is 12.8. The van der Waals surface area contributed by atoms with Crippen LogP contribution in [-0.2, 0) is 0 Å². The highest BCUT2D eigenvalue weighted by molar-refractivity contribution is 5.68. The van der Waals surface area contributed by atoms with Crippen molar-refractivity contribution in [1.29, 1.82) is 0 Å². The predicted octanol–water partition coefficient (Wildman–Crippen LogP) is 4.16. The summed E-state index contributed by atoms with van der Waals surface area (Å²) >= 11 is 0. The number of fused-ring (bicyclic) bond motifs is 1. The fourth-order valence-electron chi connectivity index (χ4n) is 2.93. The van der Waals surface area contributed by atoms with Gasteiger partial charge in [-0.3, -0.25) is 0 Å². The van der Waals surface area contributed by atoms with Crippen molar-refractivity contribution < 1.29 is 4.74 Å². The van der Waals surface area contributed by atoms with Crippen LogP contribution in [0.2, 0.25) is 0 Å². The van der Waals surface area contributed by atoms with Crippen LogP contribution in [0.5, 0.6) is 5.75 Å². The molecule has 0 amide bonds. The molecule has 0 saturated heterocycles. The van der Waals surface area contributed by atoms with E-state index in [0.717, 1.165) is 28.3 Å². The third-order valence-corrected chi connectivity index (χ3v) is 4.12. The molecule has 1 aromatic carbocycles. The number of ether oxygens (including phenoxy) is 1. The molecule has 126 valence electrons. The zero-order valence-corrected chi connectivity index (χ0v) is 14.8. The van der Waals surface area contributed by atoms with Gasteiger partial charge >= 0.3 is 0 Å². The summed E-state index contributed by atoms with van der Waals surface area (Å²) < 4.78 is 7.90. The maximum Gasteiger partial charge on any atom is 0.137 e. The fraction of sp³-hybridized carbons (Fsp3) is 0.350. The SMILES string of the molecule is Cc1ccc2nc(-c3ccc(OC(C)C)cc3)c(C(C)CN)n2c1. The topological polar surface area (TPSA) is 52.5 Å². The molecule has 0 aliphatic heterocycles. The van der Waals surface area contributed by atoms with Gasteiger partial charge in [-0.05, 0) is 56.7 Å². The first-order chi connectivity index (χ1) is 11.5. The molecule has 0 aliphatic rings. The number of benzene rings is 1. The van der Waals surface area contributed by atoms with Crippen molar-refractivity contribution in [3.05, 3.63) is 53.9 Å². The number of hydrogen-bond donors (Lipinski definition) is 1. The third-order valence-electron chi connectivity index (χ3n) is 4.12. The second-order valence-corrected chi connectivity index (χ2v) is 6.61. The Hall–Kier alpha value is -2.33. The zero-order chi connectivity index (χ0) is 17.3. The summed E-state index contributed by atoms with van der Waals surface area (Å²) in [5.41, 5.74) is 11.4. The van der Waals surface area contributed by atoms with E-state index in [9.17, 15) is 0 Å². The van der Waals surface area contributed by atoms with Gasteiger partial charge in [-0.1, -0.05) is 13.0 Å². The van der Waals surface area contributed by atoms with Crippen LogP contribution >= 0.6 is 0 Å². The predicted molar refractivity (Wildman–Crippen MR) is 98.6 cm³/mol. The lowest BCUT2D eigenvalue weighted by Crippen LogP contribution is -2.12. The van der Waals surface area contributed by atoms with Crippen LogP contribution in [0.3, 0.4) is 0 Å². The Morgan fingerprint density at radius 3 is 2.42 bits per heavy atom. The van der Waals surface area contributed by atoms with E-state index >= 15 is 0 Å². The van der Waals surface area contributed by atoms with E-state index in [4.69, 9.17) is 15.5 Å². The van der Waals surface area contributed by atoms with Crippen LogP contribution in [0.25, 0.3) is 16.9 Å². The molecule has 2 aromatic heterocycles. The van der Waals surface area contributed by atoms with Crippen molar-refractivity contribution in [3.8, 4) is 17.0 Å². The van der Waals surface area contributed by atoms with Crippen molar-refractivity contribution in [2.75, 3.05) is 6.54 Å². The van der Waals surface area contributed by atoms with Gasteiger partial charge in [-0.2, -0.15) is 0 Å². The molecule has 24 heavy (non-hydrogen) atoms. The van der Waals surface area contributed by atoms with Crippen LogP contribution in [0.4, 0.5) is 0 Å². The molecule has 3 rings (SSSR count). The molecule has 4 heteroatoms. The summed E-state index contributed by atoms with van der Waals surface area (Å²) in [6.07, 6.45) is 2.30. The van der Waals surface area contributed by atoms with E-state index in [0.29, 0.717) is 6.54 Å². The number of imidazole rings is 1. The van der Waals surface area contributed by atoms with Crippen molar-refractivity contribution in [2.24, 2.45) is 5.73 Å². The van der Waals surface area contributed by atoms with Crippen LogP contribution in [0, 0.1) is 6.92 Å². The third kappa shape index (κ3) is 3.15. The van der Waals surface area contributed by atoms with Crippen molar-refractivity contribution in [3.63, 3.8) is 0 Å². The van der Waals surface area contributed by atoms with Crippen LogP contribution in [0.15, 0.2) is 42.6 Å². The average molecular weight is 323 g/mol. The largest absolute Gasteiger partial charge is 0.491 e. The van der Waals surface area contributed by atoms with Crippen molar-refractivity contribution in [2.45, 2.75) is 39.7 Å². The Labute approximate surface area is 143 Å². The molecule has 3 aromatic rings. The first-order valence-electron chi connectivity index (χ1n) is 8.45. The van der Waals surface area contributed by atoms with E-state index in [1.165, 1.54) is 5.56 Å². The molecule has 0 saturated carbocycles. The van der Waals surface area contributed by atoms with Gasteiger partial charge in [0.05, 0.1) is 17.5 Å². The number of pyridine rings is 1. The summed E-state index contributed by atoms with van der Waals surface area (Å²) in [6.45, 7) is 8.88. The summed E-state index contributed by atoms with van der Waals surface area (Å²) in [7, 11) is 0. The van der Waals surface area contributed by atoms with Crippen LogP contribution in [0.1, 0.15) is 37.9 Å². The lowest BCUT2D eigenvalue weighted by Gasteiger charge is -2.13. The molecule has 0 fully saturated rings. The maximum atomic E-state index is 5.96. The summed E-state index contributed by atoms with van der Waals surface area (Å²) in [5, 5.41) is 0. The van der Waals surface area contributed by atoms with Gasteiger partial charge in [-0.15, -0.1) is 0 Å². The number of rotatable bonds is 5. The van der Waals surface area contributed by atoms with E-state index in [1.807, 2.05) is 26.0 Å². The number of nitrogens with two attached hydrogens (primary N) is 1. The van der Waals surface area contributed by atoms with Crippen LogP contribution in [-0.4, -0.2) is 22.0 Å². The first-order valence-corrected chi connectivity index (χ1v) is 8.45. The second kappa shape index (κ2) is 6.65. The minimum Gasteiger partial charge on any atom is -0.491 e. The monoisotopic (exact) mass is 323 g/mol. The highest BCUT2D eigenvalue weighted by atomic mass is 16.5. The highest BCUT2D eigenvalue weighted by Gasteiger charge is 2.18. The average Bonchev–Trinajstić information content (AvgIpc) is 2.92. The number of aromatic nitrogens is 2. The Kier molecular flexibility index (Phi) is 4.58. The Balaban J connectivity index is 2.11. The van der Waals surface area contributed by atoms with E-state index in [-0.39, 0.29) is 12.0 Å². The van der Waals surface area contributed by atoms with Crippen LogP contribution < -0.4 is 10.5 Å². The molecule has 1 unspecified atom stereocenters. The van der Waals surface area contributed by atoms with Crippen molar-refractivity contribution >= 4 is 5.65 Å². The molecule has 0 spiro atoms. The number of hydrogen-bond acceptors (Lipinski definition) is 3. The van der Waals surface area contributed by atoms with Gasteiger partial charge in [0.15, 0.2) is 0 Å². The second-order valence-electron chi connectivity index (χ2n) is 6.61. The minimum absolute atomic E-state index is 0.168. The fourth-order valence-corrected chi connectivity index (χ4v) is 2.93.